The van der Waals surface area contributed by atoms with Crippen LogP contribution in [0, 0.1) is 0 Å². The molecule has 0 radical (unpaired) electrons. The van der Waals surface area contributed by atoms with Crippen LogP contribution in [0.3, 0.4) is 0 Å². The molecule has 2 saturated heterocycles. The Hall–Kier alpha value is -2.71. The summed E-state index contributed by atoms with van der Waals surface area (Å²) >= 11 is 0. The van der Waals surface area contributed by atoms with Gasteiger partial charge in [-0.05, 0) is 18.9 Å². The summed E-state index contributed by atoms with van der Waals surface area (Å²) in [5, 5.41) is 5.06. The molecule has 4 amide bonds. The van der Waals surface area contributed by atoms with E-state index in [1.807, 2.05) is 4.90 Å². The first kappa shape index (κ1) is 15.2. The first-order chi connectivity index (χ1) is 11.1. The van der Waals surface area contributed by atoms with Gasteiger partial charge in [-0.2, -0.15) is 0 Å². The number of aromatic nitrogens is 2. The maximum absolute atomic E-state index is 12.1. The fraction of sp³-hybridized carbons (Fsp3) is 0.500. The SMILES string of the molecule is O=C1CN(CC(=O)NC2CCCN(c3ncccn3)C2)C(=O)N1. The number of amides is 4. The first-order valence-electron chi connectivity index (χ1n) is 7.52. The van der Waals surface area contributed by atoms with E-state index in [2.05, 4.69) is 20.6 Å². The van der Waals surface area contributed by atoms with Crippen molar-refractivity contribution in [1.29, 1.82) is 0 Å². The second-order valence-electron chi connectivity index (χ2n) is 5.61. The van der Waals surface area contributed by atoms with Crippen LogP contribution in [0.25, 0.3) is 0 Å². The Bertz CT molecular complexity index is 608. The molecule has 2 aliphatic heterocycles. The van der Waals surface area contributed by atoms with Gasteiger partial charge in [0.1, 0.15) is 13.1 Å². The highest BCUT2D eigenvalue weighted by Gasteiger charge is 2.29. The summed E-state index contributed by atoms with van der Waals surface area (Å²) in [6, 6.07) is 1.21. The largest absolute Gasteiger partial charge is 0.350 e. The van der Waals surface area contributed by atoms with Crippen molar-refractivity contribution in [2.24, 2.45) is 0 Å². The average molecular weight is 318 g/mol. The van der Waals surface area contributed by atoms with E-state index in [0.717, 1.165) is 19.4 Å². The van der Waals surface area contributed by atoms with E-state index in [4.69, 9.17) is 0 Å². The second kappa shape index (κ2) is 6.59. The van der Waals surface area contributed by atoms with E-state index in [1.54, 1.807) is 18.5 Å². The molecule has 2 fully saturated rings. The number of nitrogens with one attached hydrogen (secondary N) is 2. The van der Waals surface area contributed by atoms with Gasteiger partial charge in [0, 0.05) is 31.5 Å². The van der Waals surface area contributed by atoms with Gasteiger partial charge in [-0.15, -0.1) is 0 Å². The summed E-state index contributed by atoms with van der Waals surface area (Å²) in [5.41, 5.74) is 0. The highest BCUT2D eigenvalue weighted by molar-refractivity contribution is 6.03. The molecule has 0 bridgehead atoms. The van der Waals surface area contributed by atoms with Gasteiger partial charge in [0.05, 0.1) is 0 Å². The summed E-state index contributed by atoms with van der Waals surface area (Å²) in [4.78, 5) is 46.3. The van der Waals surface area contributed by atoms with Gasteiger partial charge in [-0.25, -0.2) is 14.8 Å². The molecule has 0 aromatic carbocycles. The van der Waals surface area contributed by atoms with Gasteiger partial charge in [0.2, 0.25) is 17.8 Å². The lowest BCUT2D eigenvalue weighted by molar-refractivity contribution is -0.122. The van der Waals surface area contributed by atoms with E-state index in [1.165, 1.54) is 4.90 Å². The van der Waals surface area contributed by atoms with Crippen LogP contribution in [0.15, 0.2) is 18.5 Å². The minimum absolute atomic E-state index is 0.0265. The molecular formula is C14H18N6O3. The highest BCUT2D eigenvalue weighted by Crippen LogP contribution is 2.15. The van der Waals surface area contributed by atoms with Crippen molar-refractivity contribution in [3.8, 4) is 0 Å². The van der Waals surface area contributed by atoms with E-state index in [-0.39, 0.29) is 30.9 Å². The van der Waals surface area contributed by atoms with Crippen molar-refractivity contribution in [2.45, 2.75) is 18.9 Å². The smallest absolute Gasteiger partial charge is 0.325 e. The zero-order valence-electron chi connectivity index (χ0n) is 12.6. The number of rotatable bonds is 4. The predicted molar refractivity (Wildman–Crippen MR) is 80.5 cm³/mol. The van der Waals surface area contributed by atoms with Crippen molar-refractivity contribution < 1.29 is 14.4 Å². The number of carbonyl (C=O) groups excluding carboxylic acids is 3. The van der Waals surface area contributed by atoms with Gasteiger partial charge < -0.3 is 15.1 Å². The molecule has 0 spiro atoms. The highest BCUT2D eigenvalue weighted by atomic mass is 16.2. The number of urea groups is 1. The Kier molecular flexibility index (Phi) is 4.35. The third-order valence-electron chi connectivity index (χ3n) is 3.82. The summed E-state index contributed by atoms with van der Waals surface area (Å²) in [7, 11) is 0. The number of piperidine rings is 1. The molecule has 3 heterocycles. The Morgan fingerprint density at radius 3 is 2.83 bits per heavy atom. The summed E-state index contributed by atoms with van der Waals surface area (Å²) < 4.78 is 0. The van der Waals surface area contributed by atoms with Crippen LogP contribution in [-0.2, 0) is 9.59 Å². The molecule has 122 valence electrons. The lowest BCUT2D eigenvalue weighted by Gasteiger charge is -2.33. The van der Waals surface area contributed by atoms with Crippen LogP contribution >= 0.6 is 0 Å². The number of hydrogen-bond acceptors (Lipinski definition) is 6. The van der Waals surface area contributed by atoms with Crippen LogP contribution < -0.4 is 15.5 Å². The molecule has 1 unspecified atom stereocenters. The van der Waals surface area contributed by atoms with Gasteiger partial charge in [-0.1, -0.05) is 0 Å². The molecule has 2 N–H and O–H groups in total. The Morgan fingerprint density at radius 2 is 2.13 bits per heavy atom. The van der Waals surface area contributed by atoms with Crippen LogP contribution in [0.1, 0.15) is 12.8 Å². The van der Waals surface area contributed by atoms with Crippen molar-refractivity contribution in [1.82, 2.24) is 25.5 Å². The lowest BCUT2D eigenvalue weighted by atomic mass is 10.1. The molecule has 23 heavy (non-hydrogen) atoms. The number of hydrogen-bond donors (Lipinski definition) is 2. The minimum Gasteiger partial charge on any atom is -0.350 e. The van der Waals surface area contributed by atoms with Crippen LogP contribution in [-0.4, -0.2) is 64.9 Å². The maximum atomic E-state index is 12.1. The Labute approximate surface area is 133 Å². The molecular weight excluding hydrogens is 300 g/mol. The topological polar surface area (TPSA) is 108 Å². The van der Waals surface area contributed by atoms with E-state index in [0.29, 0.717) is 12.5 Å². The van der Waals surface area contributed by atoms with Gasteiger partial charge in [0.15, 0.2) is 0 Å². The quantitative estimate of drug-likeness (QED) is 0.698. The van der Waals surface area contributed by atoms with Crippen molar-refractivity contribution in [3.63, 3.8) is 0 Å². The first-order valence-corrected chi connectivity index (χ1v) is 7.52. The number of nitrogens with zero attached hydrogens (tertiary/aromatic N) is 4. The van der Waals surface area contributed by atoms with Gasteiger partial charge in [0.25, 0.3) is 0 Å². The molecule has 9 nitrogen and oxygen atoms in total. The summed E-state index contributed by atoms with van der Waals surface area (Å²) in [6.45, 7) is 1.29. The van der Waals surface area contributed by atoms with E-state index >= 15 is 0 Å². The van der Waals surface area contributed by atoms with Crippen LogP contribution in [0.5, 0.6) is 0 Å². The third-order valence-corrected chi connectivity index (χ3v) is 3.82. The molecule has 1 aromatic rings. The number of anilines is 1. The zero-order chi connectivity index (χ0) is 16.2. The normalized spacial score (nSPS) is 21.3. The van der Waals surface area contributed by atoms with Crippen molar-refractivity contribution in [3.05, 3.63) is 18.5 Å². The van der Waals surface area contributed by atoms with Gasteiger partial charge in [-0.3, -0.25) is 14.9 Å². The molecule has 1 aromatic heterocycles. The minimum atomic E-state index is -0.520. The van der Waals surface area contributed by atoms with E-state index in [9.17, 15) is 14.4 Å². The monoisotopic (exact) mass is 318 g/mol. The maximum Gasteiger partial charge on any atom is 0.325 e. The Balaban J connectivity index is 1.52. The summed E-state index contributed by atoms with van der Waals surface area (Å²) in [5.74, 6) is -0.000450. The molecule has 0 aliphatic carbocycles. The summed E-state index contributed by atoms with van der Waals surface area (Å²) in [6.07, 6.45) is 5.16. The number of carbonyl (C=O) groups is 3. The molecule has 9 heteroatoms. The van der Waals surface area contributed by atoms with Gasteiger partial charge >= 0.3 is 6.03 Å². The second-order valence-corrected chi connectivity index (χ2v) is 5.61. The lowest BCUT2D eigenvalue weighted by Crippen LogP contribution is -2.50. The fourth-order valence-corrected chi connectivity index (χ4v) is 2.79. The van der Waals surface area contributed by atoms with Crippen LogP contribution in [0.4, 0.5) is 10.7 Å². The number of imide groups is 1. The van der Waals surface area contributed by atoms with Crippen LogP contribution in [0.2, 0.25) is 0 Å². The molecule has 1 atom stereocenters. The Morgan fingerprint density at radius 1 is 1.35 bits per heavy atom. The predicted octanol–water partition coefficient (Wildman–Crippen LogP) is -0.887. The fourth-order valence-electron chi connectivity index (χ4n) is 2.79. The molecule has 3 rings (SSSR count). The van der Waals surface area contributed by atoms with Crippen molar-refractivity contribution >= 4 is 23.8 Å². The molecule has 2 aliphatic rings. The molecule has 0 saturated carbocycles. The zero-order valence-corrected chi connectivity index (χ0v) is 12.6. The van der Waals surface area contributed by atoms with Crippen molar-refractivity contribution in [2.75, 3.05) is 31.1 Å². The average Bonchev–Trinajstić information content (AvgIpc) is 2.86. The third kappa shape index (κ3) is 3.74. The van der Waals surface area contributed by atoms with E-state index < -0.39 is 6.03 Å². The standard InChI is InChI=1S/C14H18N6O3/c21-11(8-20-9-12(22)18-14(20)23)17-10-3-1-6-19(7-10)13-15-4-2-5-16-13/h2,4-5,10H,1,3,6-9H2,(H,17,21)(H,18,22,23).